The van der Waals surface area contributed by atoms with E-state index in [1.165, 1.54) is 12.1 Å². The van der Waals surface area contributed by atoms with E-state index in [9.17, 15) is 4.39 Å². The topological polar surface area (TPSA) is 81.7 Å². The molecule has 178 valence electrons. The van der Waals surface area contributed by atoms with E-state index in [0.29, 0.717) is 17.5 Å². The molecule has 10 heteroatoms. The molecule has 1 aromatic carbocycles. The molecule has 4 aromatic rings. The van der Waals surface area contributed by atoms with Gasteiger partial charge < -0.3 is 14.8 Å². The first-order chi connectivity index (χ1) is 16.6. The maximum atomic E-state index is 13.3. The molecule has 0 saturated carbocycles. The summed E-state index contributed by atoms with van der Waals surface area (Å²) >= 11 is 0. The highest BCUT2D eigenvalue weighted by atomic mass is 19.1. The van der Waals surface area contributed by atoms with Crippen LogP contribution in [0.3, 0.4) is 0 Å². The molecule has 5 rings (SSSR count). The van der Waals surface area contributed by atoms with Crippen molar-refractivity contribution in [2.45, 2.75) is 25.2 Å². The first-order valence-electron chi connectivity index (χ1n) is 11.3. The van der Waals surface area contributed by atoms with E-state index >= 15 is 0 Å². The second-order valence-corrected chi connectivity index (χ2v) is 8.39. The largest absolute Gasteiger partial charge is 0.355 e. The number of hydrogen-bond acceptors (Lipinski definition) is 7. The second-order valence-electron chi connectivity index (χ2n) is 8.39. The Morgan fingerprint density at radius 2 is 1.85 bits per heavy atom. The van der Waals surface area contributed by atoms with Crippen molar-refractivity contribution >= 4 is 17.2 Å². The molecule has 1 aliphatic heterocycles. The van der Waals surface area contributed by atoms with Gasteiger partial charge in [-0.25, -0.2) is 14.4 Å². The Hall–Kier alpha value is -3.34. The second kappa shape index (κ2) is 9.88. The first-order valence-corrected chi connectivity index (χ1v) is 11.3. The molecule has 0 aliphatic carbocycles. The van der Waals surface area contributed by atoms with Gasteiger partial charge in [-0.2, -0.15) is 5.10 Å². The summed E-state index contributed by atoms with van der Waals surface area (Å²) in [5.74, 6) is 0.365. The van der Waals surface area contributed by atoms with Crippen LogP contribution >= 0.6 is 0 Å². The molecule has 1 N–H and O–H groups in total. The molecule has 0 bridgehead atoms. The van der Waals surface area contributed by atoms with Gasteiger partial charge in [-0.3, -0.25) is 14.0 Å². The summed E-state index contributed by atoms with van der Waals surface area (Å²) in [6, 6.07) is 6.70. The third-order valence-electron chi connectivity index (χ3n) is 6.30. The van der Waals surface area contributed by atoms with Gasteiger partial charge in [0, 0.05) is 58.0 Å². The minimum absolute atomic E-state index is 0.196. The molecule has 9 nitrogen and oxygen atoms in total. The van der Waals surface area contributed by atoms with Crippen molar-refractivity contribution in [2.75, 3.05) is 39.2 Å². The average Bonchev–Trinajstić information content (AvgIpc) is 3.54. The van der Waals surface area contributed by atoms with E-state index in [0.717, 1.165) is 49.4 Å². The summed E-state index contributed by atoms with van der Waals surface area (Å²) in [6.45, 7) is 2.71. The lowest BCUT2D eigenvalue weighted by Crippen LogP contribution is -2.40. The number of fused-ring (bicyclic) bond motifs is 1. The number of nitrogens with zero attached hydrogens (tertiary/aromatic N) is 6. The van der Waals surface area contributed by atoms with E-state index in [2.05, 4.69) is 25.3 Å². The Balaban J connectivity index is 1.27. The molecule has 0 atom stereocenters. The van der Waals surface area contributed by atoms with Crippen molar-refractivity contribution < 1.29 is 13.9 Å². The molecule has 34 heavy (non-hydrogen) atoms. The lowest BCUT2D eigenvalue weighted by atomic mass is 10.1. The van der Waals surface area contributed by atoms with Gasteiger partial charge in [0.2, 0.25) is 0 Å². The van der Waals surface area contributed by atoms with Crippen LogP contribution < -0.4 is 5.32 Å². The molecule has 1 aliphatic rings. The zero-order valence-electron chi connectivity index (χ0n) is 19.3. The molecule has 3 aromatic heterocycles. The van der Waals surface area contributed by atoms with Crippen LogP contribution in [0.5, 0.6) is 0 Å². The van der Waals surface area contributed by atoms with Gasteiger partial charge in [0.15, 0.2) is 17.8 Å². The number of rotatable bonds is 8. The summed E-state index contributed by atoms with van der Waals surface area (Å²) in [6.07, 6.45) is 11.0. The third kappa shape index (κ3) is 4.65. The lowest BCUT2D eigenvalue weighted by Gasteiger charge is -2.33. The fraction of sp³-hybridized carbons (Fsp3) is 0.375. The number of methoxy groups -OCH3 is 2. The Kier molecular flexibility index (Phi) is 6.52. The minimum Gasteiger partial charge on any atom is -0.355 e. The standard InChI is InChI=1S/C24H28FN7O2/c1-33-22(34-2)16-30-10-7-20(8-11-30)32-15-19(13-28-32)29-23-24-26-9-12-31(24)21(14-27-23)17-3-5-18(25)6-4-17/h3-6,9,12-15,20,22H,7-8,10-11,16H2,1-2H3,(H,27,29). The molecule has 0 amide bonds. The van der Waals surface area contributed by atoms with Gasteiger partial charge >= 0.3 is 0 Å². The predicted molar refractivity (Wildman–Crippen MR) is 126 cm³/mol. The summed E-state index contributed by atoms with van der Waals surface area (Å²) in [7, 11) is 3.34. The van der Waals surface area contributed by atoms with Gasteiger partial charge in [-0.15, -0.1) is 0 Å². The normalized spacial score (nSPS) is 15.4. The summed E-state index contributed by atoms with van der Waals surface area (Å²) in [4.78, 5) is 11.4. The van der Waals surface area contributed by atoms with Gasteiger partial charge in [-0.05, 0) is 37.1 Å². The fourth-order valence-corrected chi connectivity index (χ4v) is 4.40. The average molecular weight is 466 g/mol. The number of anilines is 2. The van der Waals surface area contributed by atoms with Crippen molar-refractivity contribution in [2.24, 2.45) is 0 Å². The van der Waals surface area contributed by atoms with Crippen LogP contribution in [-0.2, 0) is 9.47 Å². The SMILES string of the molecule is COC(CN1CCC(n2cc(Nc3ncc(-c4ccc(F)cc4)n4ccnc34)cn2)CC1)OC. The number of imidazole rings is 1. The van der Waals surface area contributed by atoms with E-state index in [4.69, 9.17) is 9.47 Å². The Morgan fingerprint density at radius 1 is 1.09 bits per heavy atom. The highest BCUT2D eigenvalue weighted by molar-refractivity contribution is 5.73. The molecule has 0 unspecified atom stereocenters. The number of hydrogen-bond donors (Lipinski definition) is 1. The van der Waals surface area contributed by atoms with Crippen molar-refractivity contribution in [1.82, 2.24) is 29.0 Å². The molecule has 0 spiro atoms. The number of nitrogens with one attached hydrogen (secondary N) is 1. The fourth-order valence-electron chi connectivity index (χ4n) is 4.40. The Labute approximate surface area is 197 Å². The van der Waals surface area contributed by atoms with Gasteiger partial charge in [0.05, 0.1) is 29.8 Å². The molecular formula is C24H28FN7O2. The molecule has 1 fully saturated rings. The number of benzene rings is 1. The van der Waals surface area contributed by atoms with Crippen molar-refractivity contribution in [3.05, 3.63) is 61.1 Å². The first kappa shape index (κ1) is 22.5. The van der Waals surface area contributed by atoms with Gasteiger partial charge in [0.1, 0.15) is 5.82 Å². The zero-order chi connectivity index (χ0) is 23.5. The monoisotopic (exact) mass is 465 g/mol. The predicted octanol–water partition coefficient (Wildman–Crippen LogP) is 3.73. The van der Waals surface area contributed by atoms with Crippen molar-refractivity contribution in [3.8, 4) is 11.3 Å². The number of aromatic nitrogens is 5. The van der Waals surface area contributed by atoms with Crippen molar-refractivity contribution in [1.29, 1.82) is 0 Å². The maximum absolute atomic E-state index is 13.3. The van der Waals surface area contributed by atoms with E-state index < -0.39 is 0 Å². The van der Waals surface area contributed by atoms with Crippen molar-refractivity contribution in [3.63, 3.8) is 0 Å². The van der Waals surface area contributed by atoms with Gasteiger partial charge in [0.25, 0.3) is 0 Å². The summed E-state index contributed by atoms with van der Waals surface area (Å²) in [5, 5.41) is 7.94. The maximum Gasteiger partial charge on any atom is 0.180 e. The lowest BCUT2D eigenvalue weighted by molar-refractivity contribution is -0.118. The number of ether oxygens (including phenoxy) is 2. The number of piperidine rings is 1. The van der Waals surface area contributed by atoms with Crippen LogP contribution in [0.25, 0.3) is 16.9 Å². The van der Waals surface area contributed by atoms with Crippen LogP contribution in [0.2, 0.25) is 0 Å². The van der Waals surface area contributed by atoms with Gasteiger partial charge in [-0.1, -0.05) is 0 Å². The van der Waals surface area contributed by atoms with Crippen LogP contribution in [0, 0.1) is 5.82 Å². The Morgan fingerprint density at radius 3 is 2.59 bits per heavy atom. The molecule has 1 saturated heterocycles. The highest BCUT2D eigenvalue weighted by Crippen LogP contribution is 2.27. The smallest absolute Gasteiger partial charge is 0.180 e. The van der Waals surface area contributed by atoms with E-state index in [1.807, 2.05) is 27.7 Å². The molecule has 0 radical (unpaired) electrons. The molecule has 4 heterocycles. The third-order valence-corrected chi connectivity index (χ3v) is 6.30. The van der Waals surface area contributed by atoms with E-state index in [1.54, 1.807) is 38.7 Å². The van der Waals surface area contributed by atoms with E-state index in [-0.39, 0.29) is 12.1 Å². The highest BCUT2D eigenvalue weighted by Gasteiger charge is 2.23. The summed E-state index contributed by atoms with van der Waals surface area (Å²) < 4.78 is 27.9. The van der Waals surface area contributed by atoms with Crippen LogP contribution in [-0.4, -0.2) is 69.2 Å². The minimum atomic E-state index is -0.270. The Bertz CT molecular complexity index is 1230. The number of likely N-dealkylation sites (tertiary alicyclic amines) is 1. The quantitative estimate of drug-likeness (QED) is 0.397. The van der Waals surface area contributed by atoms with Crippen LogP contribution in [0.1, 0.15) is 18.9 Å². The molecular weight excluding hydrogens is 437 g/mol. The summed E-state index contributed by atoms with van der Waals surface area (Å²) in [5.41, 5.74) is 3.25. The zero-order valence-corrected chi connectivity index (χ0v) is 19.3. The number of halogens is 1. The van der Waals surface area contributed by atoms with Crippen LogP contribution in [0.15, 0.2) is 55.2 Å². The van der Waals surface area contributed by atoms with Crippen LogP contribution in [0.4, 0.5) is 15.9 Å².